The van der Waals surface area contributed by atoms with Crippen LogP contribution in [0.5, 0.6) is 5.75 Å². The Balaban J connectivity index is 1.57. The molecule has 3 amide bonds. The zero-order valence-corrected chi connectivity index (χ0v) is 18.7. The Kier molecular flexibility index (Phi) is 5.78. The van der Waals surface area contributed by atoms with Crippen LogP contribution in [0, 0.1) is 13.8 Å². The Morgan fingerprint density at radius 1 is 1.09 bits per heavy atom. The van der Waals surface area contributed by atoms with Gasteiger partial charge in [0.1, 0.15) is 17.2 Å². The van der Waals surface area contributed by atoms with Gasteiger partial charge in [0.25, 0.3) is 5.91 Å². The highest BCUT2D eigenvalue weighted by Gasteiger charge is 2.34. The number of amides is 3. The molecule has 2 aromatic heterocycles. The monoisotopic (exact) mass is 449 g/mol. The second kappa shape index (κ2) is 8.70. The average Bonchev–Trinajstić information content (AvgIpc) is 3.47. The number of urea groups is 1. The van der Waals surface area contributed by atoms with Crippen LogP contribution in [-0.2, 0) is 16.1 Å². The van der Waals surface area contributed by atoms with E-state index in [2.05, 4.69) is 14.6 Å². The van der Waals surface area contributed by atoms with Crippen LogP contribution in [0.3, 0.4) is 0 Å². The van der Waals surface area contributed by atoms with Crippen LogP contribution in [-0.4, -0.2) is 41.6 Å². The van der Waals surface area contributed by atoms with Gasteiger partial charge in [0.15, 0.2) is 0 Å². The molecular weight excluding hydrogens is 426 g/mol. The van der Waals surface area contributed by atoms with Crippen molar-refractivity contribution >= 4 is 24.0 Å². The first-order valence-corrected chi connectivity index (χ1v) is 10.2. The van der Waals surface area contributed by atoms with E-state index < -0.39 is 17.9 Å². The van der Waals surface area contributed by atoms with E-state index in [1.165, 1.54) is 19.2 Å². The minimum atomic E-state index is -0.633. The fourth-order valence-electron chi connectivity index (χ4n) is 3.76. The van der Waals surface area contributed by atoms with Crippen LogP contribution in [0.15, 0.2) is 52.6 Å². The smallest absolute Gasteiger partial charge is 0.373 e. The highest BCUT2D eigenvalue weighted by Crippen LogP contribution is 2.25. The molecule has 0 atom stereocenters. The van der Waals surface area contributed by atoms with Gasteiger partial charge in [-0.3, -0.25) is 9.69 Å². The highest BCUT2D eigenvalue weighted by atomic mass is 16.5. The fraction of sp³-hybridized carbons (Fsp3) is 0.208. The van der Waals surface area contributed by atoms with Crippen molar-refractivity contribution in [2.75, 3.05) is 14.2 Å². The summed E-state index contributed by atoms with van der Waals surface area (Å²) in [4.78, 5) is 37.9. The molecule has 170 valence electrons. The lowest BCUT2D eigenvalue weighted by Crippen LogP contribution is -2.30. The summed E-state index contributed by atoms with van der Waals surface area (Å²) >= 11 is 0. The molecule has 0 saturated carbocycles. The van der Waals surface area contributed by atoms with Gasteiger partial charge in [0.05, 0.1) is 20.8 Å². The van der Waals surface area contributed by atoms with Gasteiger partial charge in [-0.25, -0.2) is 9.59 Å². The van der Waals surface area contributed by atoms with Crippen molar-refractivity contribution in [2.24, 2.45) is 0 Å². The fourth-order valence-corrected chi connectivity index (χ4v) is 3.76. The van der Waals surface area contributed by atoms with Crippen molar-refractivity contribution in [3.63, 3.8) is 0 Å². The third-order valence-electron chi connectivity index (χ3n) is 5.43. The van der Waals surface area contributed by atoms with Crippen molar-refractivity contribution in [2.45, 2.75) is 20.4 Å². The van der Waals surface area contributed by atoms with Crippen LogP contribution < -0.4 is 10.1 Å². The Morgan fingerprint density at radius 2 is 1.82 bits per heavy atom. The molecule has 3 aromatic rings. The molecule has 0 spiro atoms. The maximum atomic E-state index is 12.9. The normalized spacial score (nSPS) is 14.7. The molecule has 1 aliphatic rings. The van der Waals surface area contributed by atoms with Gasteiger partial charge in [-0.15, -0.1) is 0 Å². The van der Waals surface area contributed by atoms with Gasteiger partial charge in [-0.1, -0.05) is 0 Å². The predicted molar refractivity (Wildman–Crippen MR) is 119 cm³/mol. The number of aryl methyl sites for hydroxylation is 1. The van der Waals surface area contributed by atoms with E-state index in [0.717, 1.165) is 33.3 Å². The van der Waals surface area contributed by atoms with Gasteiger partial charge >= 0.3 is 12.0 Å². The molecule has 3 heterocycles. The largest absolute Gasteiger partial charge is 0.497 e. The SMILES string of the molecule is COC(=O)c1ccc(CN2C(=O)NC(=Cc3cc(C)n(-c4ccc(OC)cc4)c3C)C2=O)o1. The molecule has 0 bridgehead atoms. The number of benzene rings is 1. The number of hydrogen-bond acceptors (Lipinski definition) is 6. The van der Waals surface area contributed by atoms with E-state index >= 15 is 0 Å². The van der Waals surface area contributed by atoms with Gasteiger partial charge in [0.2, 0.25) is 5.76 Å². The lowest BCUT2D eigenvalue weighted by Gasteiger charge is -2.10. The van der Waals surface area contributed by atoms with E-state index in [0.29, 0.717) is 0 Å². The van der Waals surface area contributed by atoms with E-state index in [1.54, 1.807) is 13.2 Å². The van der Waals surface area contributed by atoms with Gasteiger partial charge in [-0.05, 0) is 68.0 Å². The number of carbonyl (C=O) groups is 3. The first kappa shape index (κ1) is 21.9. The van der Waals surface area contributed by atoms with Crippen molar-refractivity contribution in [1.82, 2.24) is 14.8 Å². The Morgan fingerprint density at radius 3 is 2.48 bits per heavy atom. The molecule has 9 heteroatoms. The Bertz CT molecular complexity index is 1270. The Labute approximate surface area is 190 Å². The van der Waals surface area contributed by atoms with E-state index in [1.807, 2.05) is 44.2 Å². The number of carbonyl (C=O) groups excluding carboxylic acids is 3. The van der Waals surface area contributed by atoms with Gasteiger partial charge < -0.3 is 23.8 Å². The van der Waals surface area contributed by atoms with Crippen LogP contribution in [0.1, 0.15) is 33.3 Å². The number of esters is 1. The molecule has 1 saturated heterocycles. The zero-order valence-electron chi connectivity index (χ0n) is 18.7. The van der Waals surface area contributed by atoms with Crippen LogP contribution in [0.2, 0.25) is 0 Å². The summed E-state index contributed by atoms with van der Waals surface area (Å²) in [6.07, 6.45) is 1.66. The Hall–Kier alpha value is -4.27. The molecule has 1 fully saturated rings. The number of methoxy groups -OCH3 is 2. The van der Waals surface area contributed by atoms with Crippen molar-refractivity contribution < 1.29 is 28.3 Å². The second-order valence-electron chi connectivity index (χ2n) is 7.50. The van der Waals surface area contributed by atoms with Crippen LogP contribution in [0.25, 0.3) is 11.8 Å². The zero-order chi connectivity index (χ0) is 23.7. The van der Waals surface area contributed by atoms with Crippen molar-refractivity contribution in [3.8, 4) is 11.4 Å². The number of furan rings is 1. The highest BCUT2D eigenvalue weighted by molar-refractivity contribution is 6.13. The lowest BCUT2D eigenvalue weighted by atomic mass is 10.2. The molecule has 0 unspecified atom stereocenters. The number of nitrogens with one attached hydrogen (secondary N) is 1. The number of aromatic nitrogens is 1. The molecule has 9 nitrogen and oxygen atoms in total. The average molecular weight is 449 g/mol. The topological polar surface area (TPSA) is 103 Å². The summed E-state index contributed by atoms with van der Waals surface area (Å²) < 4.78 is 17.3. The minimum absolute atomic E-state index is 0.00120. The number of rotatable bonds is 6. The standard InChI is InChI=1S/C24H23N3O6/c1-14-11-16(15(2)27(14)17-5-7-18(31-3)8-6-17)12-20-22(28)26(24(30)25-20)13-19-9-10-21(33-19)23(29)32-4/h5-12H,13H2,1-4H3,(H,25,30). The summed E-state index contributed by atoms with van der Waals surface area (Å²) in [5.74, 6) is -0.0613. The summed E-state index contributed by atoms with van der Waals surface area (Å²) in [7, 11) is 2.86. The molecule has 4 rings (SSSR count). The van der Waals surface area contributed by atoms with E-state index in [-0.39, 0.29) is 23.8 Å². The summed E-state index contributed by atoms with van der Waals surface area (Å²) in [6.45, 7) is 3.81. The second-order valence-corrected chi connectivity index (χ2v) is 7.50. The lowest BCUT2D eigenvalue weighted by molar-refractivity contribution is -0.123. The maximum Gasteiger partial charge on any atom is 0.373 e. The number of hydrogen-bond donors (Lipinski definition) is 1. The number of ether oxygens (including phenoxy) is 2. The van der Waals surface area contributed by atoms with E-state index in [4.69, 9.17) is 9.15 Å². The first-order valence-electron chi connectivity index (χ1n) is 10.2. The van der Waals surface area contributed by atoms with Crippen molar-refractivity contribution in [3.05, 3.63) is 76.6 Å². The summed E-state index contributed by atoms with van der Waals surface area (Å²) in [5.41, 5.74) is 3.82. The van der Waals surface area contributed by atoms with E-state index in [9.17, 15) is 14.4 Å². The molecule has 33 heavy (non-hydrogen) atoms. The molecule has 0 radical (unpaired) electrons. The molecular formula is C24H23N3O6. The van der Waals surface area contributed by atoms with Crippen LogP contribution in [0.4, 0.5) is 4.79 Å². The van der Waals surface area contributed by atoms with Gasteiger partial charge in [-0.2, -0.15) is 0 Å². The molecule has 1 aliphatic heterocycles. The third kappa shape index (κ3) is 4.12. The van der Waals surface area contributed by atoms with Crippen molar-refractivity contribution in [1.29, 1.82) is 0 Å². The molecule has 1 aromatic carbocycles. The number of nitrogens with zero attached hydrogens (tertiary/aromatic N) is 2. The summed E-state index contributed by atoms with van der Waals surface area (Å²) in [5, 5.41) is 2.61. The quantitative estimate of drug-likeness (QED) is 0.351. The predicted octanol–water partition coefficient (Wildman–Crippen LogP) is 3.58. The summed E-state index contributed by atoms with van der Waals surface area (Å²) in [6, 6.07) is 12.0. The minimum Gasteiger partial charge on any atom is -0.497 e. The van der Waals surface area contributed by atoms with Crippen LogP contribution >= 0.6 is 0 Å². The molecule has 0 aliphatic carbocycles. The third-order valence-corrected chi connectivity index (χ3v) is 5.43. The number of imide groups is 1. The first-order chi connectivity index (χ1) is 15.8. The maximum absolute atomic E-state index is 12.9. The molecule has 1 N–H and O–H groups in total. The van der Waals surface area contributed by atoms with Gasteiger partial charge in [0, 0.05) is 17.1 Å².